The molecular formula is C52H72BrN7O14. The number of carbonyl (C=O) groups is 9. The van der Waals surface area contributed by atoms with Gasteiger partial charge in [-0.3, -0.25) is 38.4 Å². The number of hydrogen-bond acceptors (Lipinski definition) is 14. The van der Waals surface area contributed by atoms with Crippen molar-refractivity contribution >= 4 is 69.2 Å². The molecule has 1 saturated heterocycles. The third-order valence-corrected chi connectivity index (χ3v) is 14.7. The van der Waals surface area contributed by atoms with E-state index in [1.54, 1.807) is 83.2 Å². The smallest absolute Gasteiger partial charge is 0.332 e. The lowest BCUT2D eigenvalue weighted by molar-refractivity contribution is -0.160. The Kier molecular flexibility index (Phi) is 22.1. The van der Waals surface area contributed by atoms with E-state index >= 15 is 4.79 Å². The third-order valence-electron chi connectivity index (χ3n) is 13.5. The highest BCUT2D eigenvalue weighted by atomic mass is 79.9. The van der Waals surface area contributed by atoms with Crippen molar-refractivity contribution in [1.29, 1.82) is 0 Å². The SMILES string of the molecule is CC[C@H](C)[C@H]1NC(=O)[C@@H](NC(=O)[C@H](C)[C@H](O)C(C)C)[C@@H](C)OC(=O)[C@@H]2COC(=O)CNC(=O)/C=C/[C@](C)(CBr)[C@@H](C)Oc3ccc(cc3)[C@H](NC1=O)C(=O)N(C)[C@@H](Cc1ccccc1)C(=O)N[C@H]([C@@H](C)O)C(=O)N2. The number of hydrogen-bond donors (Lipinski definition) is 8. The van der Waals surface area contributed by atoms with Gasteiger partial charge in [-0.25, -0.2) is 4.79 Å². The largest absolute Gasteiger partial charge is 0.490 e. The fourth-order valence-electron chi connectivity index (χ4n) is 7.97. The number of aliphatic hydroxyl groups excluding tert-OH is 2. The van der Waals surface area contributed by atoms with Gasteiger partial charge in [-0.05, 0) is 61.9 Å². The second-order valence-electron chi connectivity index (χ2n) is 19.6. The standard InChI is InChI=1S/C52H72BrN7O14/c1-11-28(4)40-47(67)59-43-34-17-19-35(20-18-34)74-32(8)52(9,26-53)22-21-38(62)54-24-39(63)72-25-36(51(71)73-31(7)42(49(69)56-40)58-45(65)29(5)44(64)27(2)3)55-48(68)41(30(6)61)57-46(66)37(60(10)50(43)70)23-33-15-13-12-14-16-33/h12-22,27-32,36-37,40-44,61,64H,11,23-26H2,1-10H3,(H,54,62)(H,55,68)(H,56,69)(H,57,66)(H,58,65)(H,59,67)/b22-21+/t28-,29+,30+,31+,32+,36-,37-,40+,41+,42-,43-,44+,52+/m0/s1. The van der Waals surface area contributed by atoms with Gasteiger partial charge in [0.05, 0.1) is 18.1 Å². The number of benzene rings is 2. The molecule has 5 rings (SSSR count). The summed E-state index contributed by atoms with van der Waals surface area (Å²) in [5.41, 5.74) is -0.0278. The minimum atomic E-state index is -1.93. The molecule has 4 bridgehead atoms. The van der Waals surface area contributed by atoms with Crippen molar-refractivity contribution in [2.24, 2.45) is 23.2 Å². The maximum atomic E-state index is 15.2. The van der Waals surface area contributed by atoms with Gasteiger partial charge in [-0.1, -0.05) is 112 Å². The first-order valence-corrected chi connectivity index (χ1v) is 25.8. The quantitative estimate of drug-likeness (QED) is 0.123. The lowest BCUT2D eigenvalue weighted by Gasteiger charge is -2.34. The molecular weight excluding hydrogens is 1030 g/mol. The molecule has 2 aromatic rings. The Labute approximate surface area is 440 Å². The van der Waals surface area contributed by atoms with Gasteiger partial charge < -0.3 is 61.2 Å². The van der Waals surface area contributed by atoms with Crippen molar-refractivity contribution in [2.75, 3.05) is 25.5 Å². The van der Waals surface area contributed by atoms with Crippen molar-refractivity contribution in [2.45, 2.75) is 136 Å². The number of fused-ring (bicyclic) bond motifs is 11. The fourth-order valence-corrected chi connectivity index (χ4v) is 8.62. The number of halogens is 1. The van der Waals surface area contributed by atoms with E-state index in [9.17, 15) is 48.6 Å². The molecule has 21 nitrogen and oxygen atoms in total. The van der Waals surface area contributed by atoms with E-state index in [1.807, 2.05) is 6.92 Å². The van der Waals surface area contributed by atoms with Crippen LogP contribution in [0.4, 0.5) is 0 Å². The highest BCUT2D eigenvalue weighted by Gasteiger charge is 2.42. The normalized spacial score (nSPS) is 28.5. The van der Waals surface area contributed by atoms with Crippen LogP contribution in [0.1, 0.15) is 85.9 Å². The summed E-state index contributed by atoms with van der Waals surface area (Å²) < 4.78 is 17.4. The topological polar surface area (TPSA) is 297 Å². The molecule has 1 fully saturated rings. The second-order valence-corrected chi connectivity index (χ2v) is 20.2. The Morgan fingerprint density at radius 2 is 1.46 bits per heavy atom. The van der Waals surface area contributed by atoms with Gasteiger partial charge in [0.2, 0.25) is 41.4 Å². The molecule has 0 aromatic heterocycles. The molecule has 3 aliphatic rings. The van der Waals surface area contributed by atoms with E-state index in [0.717, 1.165) is 4.90 Å². The minimum absolute atomic E-state index is 0.139. The number of amides is 7. The lowest BCUT2D eigenvalue weighted by atomic mass is 9.86. The fraction of sp³-hybridized carbons (Fsp3) is 0.558. The number of nitrogens with zero attached hydrogens (tertiary/aromatic N) is 1. The predicted octanol–water partition coefficient (Wildman–Crippen LogP) is 1.28. The first kappa shape index (κ1) is 60.2. The van der Waals surface area contributed by atoms with Crippen LogP contribution >= 0.6 is 15.9 Å². The first-order valence-electron chi connectivity index (χ1n) is 24.7. The number of carbonyl (C=O) groups excluding carboxylic acids is 9. The van der Waals surface area contributed by atoms with Gasteiger partial charge in [0.1, 0.15) is 61.3 Å². The van der Waals surface area contributed by atoms with Crippen molar-refractivity contribution < 1.29 is 67.6 Å². The van der Waals surface area contributed by atoms with E-state index < -0.39 is 150 Å². The first-order chi connectivity index (χ1) is 34.8. The summed E-state index contributed by atoms with van der Waals surface area (Å²) >= 11 is 3.50. The number of likely N-dealkylation sites (N-methyl/N-ethyl adjacent to an activating group) is 1. The van der Waals surface area contributed by atoms with E-state index in [2.05, 4.69) is 47.8 Å². The molecule has 22 heteroatoms. The maximum absolute atomic E-state index is 15.2. The molecule has 2 aromatic carbocycles. The average molecular weight is 1100 g/mol. The number of ether oxygens (including phenoxy) is 3. The Morgan fingerprint density at radius 3 is 2.05 bits per heavy atom. The van der Waals surface area contributed by atoms with E-state index in [4.69, 9.17) is 14.2 Å². The van der Waals surface area contributed by atoms with Crippen LogP contribution < -0.4 is 36.6 Å². The summed E-state index contributed by atoms with van der Waals surface area (Å²) in [7, 11) is 1.33. The van der Waals surface area contributed by atoms with Crippen LogP contribution in [0.25, 0.3) is 0 Å². The summed E-state index contributed by atoms with van der Waals surface area (Å²) in [6.07, 6.45) is -2.12. The number of aliphatic hydroxyl groups is 2. The Hall–Kier alpha value is -6.39. The number of esters is 2. The minimum Gasteiger partial charge on any atom is -0.490 e. The number of alkyl halides is 1. The molecule has 0 aliphatic carbocycles. The summed E-state index contributed by atoms with van der Waals surface area (Å²) in [6.45, 7) is 12.6. The van der Waals surface area contributed by atoms with Crippen LogP contribution in [0.5, 0.6) is 5.75 Å². The Bertz CT molecular complexity index is 2350. The summed E-state index contributed by atoms with van der Waals surface area (Å²) in [4.78, 5) is 129. The summed E-state index contributed by atoms with van der Waals surface area (Å²) in [5, 5.41) is 37.5. The van der Waals surface area contributed by atoms with Gasteiger partial charge in [0.25, 0.3) is 0 Å². The third kappa shape index (κ3) is 16.1. The molecule has 3 aliphatic heterocycles. The summed E-state index contributed by atoms with van der Waals surface area (Å²) in [5.74, 6) is -10.6. The van der Waals surface area contributed by atoms with E-state index in [0.29, 0.717) is 23.1 Å². The van der Waals surface area contributed by atoms with Crippen LogP contribution in [0.3, 0.4) is 0 Å². The molecule has 7 amide bonds. The molecule has 0 saturated carbocycles. The highest BCUT2D eigenvalue weighted by molar-refractivity contribution is 9.09. The Morgan fingerprint density at radius 1 is 0.838 bits per heavy atom. The highest BCUT2D eigenvalue weighted by Crippen LogP contribution is 2.31. The van der Waals surface area contributed by atoms with Crippen LogP contribution in [-0.4, -0.2) is 149 Å². The average Bonchev–Trinajstić information content (AvgIpc) is 3.37. The van der Waals surface area contributed by atoms with Gasteiger partial charge >= 0.3 is 11.9 Å². The molecule has 13 atom stereocenters. The van der Waals surface area contributed by atoms with Crippen LogP contribution in [0.2, 0.25) is 0 Å². The zero-order chi connectivity index (χ0) is 55.2. The van der Waals surface area contributed by atoms with Crippen molar-refractivity contribution in [3.8, 4) is 5.75 Å². The van der Waals surface area contributed by atoms with Gasteiger partial charge in [-0.2, -0.15) is 0 Å². The second kappa shape index (κ2) is 27.2. The van der Waals surface area contributed by atoms with Crippen LogP contribution in [-0.2, 0) is 59.0 Å². The zero-order valence-corrected chi connectivity index (χ0v) is 45.1. The maximum Gasteiger partial charge on any atom is 0.332 e. The molecule has 74 heavy (non-hydrogen) atoms. The number of nitrogens with one attached hydrogen (secondary N) is 6. The molecule has 8 N–H and O–H groups in total. The molecule has 0 unspecified atom stereocenters. The zero-order valence-electron chi connectivity index (χ0n) is 43.5. The van der Waals surface area contributed by atoms with Gasteiger partial charge in [0, 0.05) is 24.2 Å². The molecule has 0 spiro atoms. The molecule has 406 valence electrons. The number of cyclic esters (lactones) is 1. The number of rotatable bonds is 10. The predicted molar refractivity (Wildman–Crippen MR) is 274 cm³/mol. The van der Waals surface area contributed by atoms with Crippen LogP contribution in [0.15, 0.2) is 66.7 Å². The van der Waals surface area contributed by atoms with Gasteiger partial charge in [0.15, 0.2) is 6.04 Å². The van der Waals surface area contributed by atoms with Crippen LogP contribution in [0, 0.1) is 23.2 Å². The van der Waals surface area contributed by atoms with Gasteiger partial charge in [-0.15, -0.1) is 0 Å². The molecule has 0 radical (unpaired) electrons. The monoisotopic (exact) mass is 1100 g/mol. The molecule has 3 heterocycles. The van der Waals surface area contributed by atoms with E-state index in [1.165, 1.54) is 46.0 Å². The van der Waals surface area contributed by atoms with Crippen molar-refractivity contribution in [1.82, 2.24) is 36.8 Å². The van der Waals surface area contributed by atoms with Crippen molar-refractivity contribution in [3.05, 3.63) is 77.9 Å². The van der Waals surface area contributed by atoms with Crippen molar-refractivity contribution in [3.63, 3.8) is 0 Å². The van der Waals surface area contributed by atoms with E-state index in [-0.39, 0.29) is 12.0 Å². The Balaban J connectivity index is 2.03. The lowest BCUT2D eigenvalue weighted by Crippen LogP contribution is -2.61. The summed E-state index contributed by atoms with van der Waals surface area (Å²) in [6, 6.07) is 4.81.